The van der Waals surface area contributed by atoms with Crippen LogP contribution in [0.2, 0.25) is 0 Å². The van der Waals surface area contributed by atoms with Crippen molar-refractivity contribution in [3.63, 3.8) is 0 Å². The van der Waals surface area contributed by atoms with Gasteiger partial charge in [0.05, 0.1) is 0 Å². The molecule has 1 rings (SSSR count). The minimum absolute atomic E-state index is 0.124. The minimum atomic E-state index is -0.337. The van der Waals surface area contributed by atoms with Gasteiger partial charge in [-0.1, -0.05) is 0 Å². The van der Waals surface area contributed by atoms with Crippen LogP contribution in [0.4, 0.5) is 0 Å². The first-order valence-electron chi connectivity index (χ1n) is 4.95. The van der Waals surface area contributed by atoms with Gasteiger partial charge in [-0.25, -0.2) is 0 Å². The average molecular weight is 308 g/mol. The van der Waals surface area contributed by atoms with Gasteiger partial charge in [0.25, 0.3) is 0 Å². The second kappa shape index (κ2) is 7.69. The van der Waals surface area contributed by atoms with Crippen molar-refractivity contribution in [3.8, 4) is 0 Å². The van der Waals surface area contributed by atoms with E-state index in [-0.39, 0.29) is 26.6 Å². The number of hydrogen-bond donors (Lipinski definition) is 1. The van der Waals surface area contributed by atoms with Crippen LogP contribution in [0.15, 0.2) is 24.3 Å². The molecule has 0 aliphatic carbocycles. The summed E-state index contributed by atoms with van der Waals surface area (Å²) in [4.78, 5) is 11.7. The molecule has 3 nitrogen and oxygen atoms in total. The average Bonchev–Trinajstić information content (AvgIpc) is 2.34. The maximum atomic E-state index is 11.7. The fourth-order valence-corrected chi connectivity index (χ4v) is 2.62. The molecule has 0 aromatic heterocycles. The Morgan fingerprint density at radius 2 is 2.12 bits per heavy atom. The number of hydrogen-bond acceptors (Lipinski definition) is 3. The predicted molar refractivity (Wildman–Crippen MR) is 64.3 cm³/mol. The van der Waals surface area contributed by atoms with Crippen LogP contribution in [0.5, 0.6) is 0 Å². The summed E-state index contributed by atoms with van der Waals surface area (Å²) >= 11 is -0.235. The van der Waals surface area contributed by atoms with Gasteiger partial charge in [0, 0.05) is 0 Å². The van der Waals surface area contributed by atoms with Crippen molar-refractivity contribution >= 4 is 34.6 Å². The van der Waals surface area contributed by atoms with Crippen LogP contribution >= 0.6 is 10.1 Å². The first kappa shape index (κ1) is 13.5. The number of halogens is 1. The third kappa shape index (κ3) is 4.14. The van der Waals surface area contributed by atoms with E-state index in [1.165, 1.54) is 0 Å². The van der Waals surface area contributed by atoms with Crippen molar-refractivity contribution in [1.29, 1.82) is 0 Å². The van der Waals surface area contributed by atoms with Crippen molar-refractivity contribution in [3.05, 3.63) is 29.8 Å². The quantitative estimate of drug-likeness (QED) is 0.486. The summed E-state index contributed by atoms with van der Waals surface area (Å²) in [6.07, 6.45) is 1.32. The number of ether oxygens (including phenoxy) is 1. The standard InChI is InChI=1S/C11H13ClO3Se/c12-16-10-6-2-1-5-9(10)11(14)15-8-4-3-7-13/h1-2,5-6,13H,3-4,7-8H2. The molecule has 0 radical (unpaired) electrons. The van der Waals surface area contributed by atoms with Crippen LogP contribution in [0.3, 0.4) is 0 Å². The summed E-state index contributed by atoms with van der Waals surface area (Å²) in [6.45, 7) is 0.460. The van der Waals surface area contributed by atoms with Crippen molar-refractivity contribution < 1.29 is 14.6 Å². The summed E-state index contributed by atoms with van der Waals surface area (Å²) in [5, 5.41) is 8.58. The fourth-order valence-electron chi connectivity index (χ4n) is 1.16. The number of rotatable bonds is 6. The number of aliphatic hydroxyl groups excluding tert-OH is 1. The van der Waals surface area contributed by atoms with E-state index in [1.54, 1.807) is 12.1 Å². The van der Waals surface area contributed by atoms with Gasteiger partial charge in [-0.3, -0.25) is 0 Å². The molecule has 0 heterocycles. The van der Waals surface area contributed by atoms with Crippen LogP contribution in [0.1, 0.15) is 23.2 Å². The van der Waals surface area contributed by atoms with Gasteiger partial charge >= 0.3 is 105 Å². The van der Waals surface area contributed by atoms with Crippen molar-refractivity contribution in [2.45, 2.75) is 12.8 Å². The Hall–Kier alpha value is -0.541. The first-order valence-corrected chi connectivity index (χ1v) is 8.06. The molecule has 1 aromatic rings. The van der Waals surface area contributed by atoms with E-state index in [4.69, 9.17) is 19.9 Å². The van der Waals surface area contributed by atoms with E-state index in [2.05, 4.69) is 0 Å². The summed E-state index contributed by atoms with van der Waals surface area (Å²) in [6, 6.07) is 7.18. The molecule has 0 bridgehead atoms. The number of aliphatic hydroxyl groups is 1. The summed E-state index contributed by atoms with van der Waals surface area (Å²) in [5.74, 6) is -0.337. The van der Waals surface area contributed by atoms with E-state index < -0.39 is 0 Å². The van der Waals surface area contributed by atoms with Gasteiger partial charge in [-0.05, 0) is 0 Å². The van der Waals surface area contributed by atoms with Gasteiger partial charge in [0.1, 0.15) is 0 Å². The van der Waals surface area contributed by atoms with Gasteiger partial charge in [-0.15, -0.1) is 0 Å². The molecule has 0 spiro atoms. The maximum absolute atomic E-state index is 11.7. The van der Waals surface area contributed by atoms with Crippen molar-refractivity contribution in [1.82, 2.24) is 0 Å². The monoisotopic (exact) mass is 308 g/mol. The van der Waals surface area contributed by atoms with Crippen LogP contribution in [0.25, 0.3) is 0 Å². The Morgan fingerprint density at radius 3 is 2.81 bits per heavy atom. The Kier molecular flexibility index (Phi) is 6.50. The zero-order valence-corrected chi connectivity index (χ0v) is 11.2. The van der Waals surface area contributed by atoms with Gasteiger partial charge < -0.3 is 0 Å². The molecule has 5 heteroatoms. The molecule has 16 heavy (non-hydrogen) atoms. The zero-order valence-electron chi connectivity index (χ0n) is 8.69. The molecule has 0 saturated carbocycles. The van der Waals surface area contributed by atoms with E-state index in [0.29, 0.717) is 25.0 Å². The van der Waals surface area contributed by atoms with Gasteiger partial charge in [0.2, 0.25) is 0 Å². The Labute approximate surface area is 105 Å². The van der Waals surface area contributed by atoms with Crippen LogP contribution in [-0.4, -0.2) is 38.3 Å². The number of benzene rings is 1. The van der Waals surface area contributed by atoms with Crippen LogP contribution < -0.4 is 4.46 Å². The Morgan fingerprint density at radius 1 is 1.38 bits per heavy atom. The molecule has 88 valence electrons. The molecule has 0 aliphatic rings. The SMILES string of the molecule is O=C(OCCCCO)c1ccccc1[Se]Cl. The molecular weight excluding hydrogens is 295 g/mol. The fraction of sp³-hybridized carbons (Fsp3) is 0.364. The topological polar surface area (TPSA) is 46.5 Å². The molecular formula is C11H13ClO3Se. The molecule has 0 fully saturated rings. The Bertz CT molecular complexity index is 344. The molecule has 0 aliphatic heterocycles. The van der Waals surface area contributed by atoms with Gasteiger partial charge in [0.15, 0.2) is 0 Å². The first-order chi connectivity index (χ1) is 7.79. The van der Waals surface area contributed by atoms with E-state index in [0.717, 1.165) is 4.46 Å². The summed E-state index contributed by atoms with van der Waals surface area (Å²) in [7, 11) is 5.78. The predicted octanol–water partition coefficient (Wildman–Crippen LogP) is 1.10. The molecule has 1 N–H and O–H groups in total. The number of unbranched alkanes of at least 4 members (excludes halogenated alkanes) is 1. The molecule has 0 amide bonds. The van der Waals surface area contributed by atoms with E-state index in [1.807, 2.05) is 12.1 Å². The third-order valence-corrected chi connectivity index (χ3v) is 3.94. The molecule has 1 aromatic carbocycles. The zero-order chi connectivity index (χ0) is 11.8. The Balaban J connectivity index is 2.52. The summed E-state index contributed by atoms with van der Waals surface area (Å²) < 4.78 is 5.91. The molecule has 0 saturated heterocycles. The van der Waals surface area contributed by atoms with E-state index in [9.17, 15) is 4.79 Å². The number of carbonyl (C=O) groups is 1. The number of carbonyl (C=O) groups excluding carboxylic acids is 1. The van der Waals surface area contributed by atoms with Crippen LogP contribution in [-0.2, 0) is 4.74 Å². The van der Waals surface area contributed by atoms with Crippen molar-refractivity contribution in [2.24, 2.45) is 0 Å². The second-order valence-electron chi connectivity index (χ2n) is 3.14. The van der Waals surface area contributed by atoms with Gasteiger partial charge in [-0.2, -0.15) is 0 Å². The second-order valence-corrected chi connectivity index (χ2v) is 5.19. The summed E-state index contributed by atoms with van der Waals surface area (Å²) in [5.41, 5.74) is 0.543. The van der Waals surface area contributed by atoms with E-state index >= 15 is 0 Å². The number of esters is 1. The van der Waals surface area contributed by atoms with Crippen LogP contribution in [0, 0.1) is 0 Å². The normalized spacial score (nSPS) is 10.1. The van der Waals surface area contributed by atoms with Crippen molar-refractivity contribution in [2.75, 3.05) is 13.2 Å². The molecule has 0 atom stereocenters. The molecule has 0 unspecified atom stereocenters. The third-order valence-electron chi connectivity index (χ3n) is 1.98.